The summed E-state index contributed by atoms with van der Waals surface area (Å²) in [6.07, 6.45) is 3.03. The summed E-state index contributed by atoms with van der Waals surface area (Å²) >= 11 is 0. The number of hydrogen-bond acceptors (Lipinski definition) is 2. The molecule has 0 aliphatic carbocycles. The Balaban J connectivity index is 4.04. The zero-order valence-corrected chi connectivity index (χ0v) is 8.68. The van der Waals surface area contributed by atoms with Gasteiger partial charge < -0.3 is 10.1 Å². The summed E-state index contributed by atoms with van der Waals surface area (Å²) in [5.41, 5.74) is -0.170. The Morgan fingerprint density at radius 2 is 2.17 bits per heavy atom. The second-order valence-corrected chi connectivity index (χ2v) is 3.48. The lowest BCUT2D eigenvalue weighted by Gasteiger charge is -2.31. The van der Waals surface area contributed by atoms with Gasteiger partial charge in [-0.1, -0.05) is 13.0 Å². The van der Waals surface area contributed by atoms with E-state index in [0.717, 1.165) is 13.0 Å². The van der Waals surface area contributed by atoms with Crippen LogP contribution in [0.2, 0.25) is 0 Å². The second kappa shape index (κ2) is 5.33. The van der Waals surface area contributed by atoms with Crippen LogP contribution in [0.4, 0.5) is 0 Å². The average Bonchev–Trinajstić information content (AvgIpc) is 2.05. The fourth-order valence-electron chi connectivity index (χ4n) is 1.04. The zero-order chi connectivity index (χ0) is 9.61. The molecule has 0 fully saturated rings. The third-order valence-electron chi connectivity index (χ3n) is 2.13. The molecule has 0 aliphatic rings. The molecule has 1 atom stereocenters. The van der Waals surface area contributed by atoms with Crippen molar-refractivity contribution in [3.05, 3.63) is 12.7 Å². The van der Waals surface area contributed by atoms with E-state index in [1.165, 1.54) is 0 Å². The molecule has 0 heterocycles. The van der Waals surface area contributed by atoms with Gasteiger partial charge in [0.1, 0.15) is 0 Å². The maximum absolute atomic E-state index is 5.35. The highest BCUT2D eigenvalue weighted by Crippen LogP contribution is 2.14. The molecule has 0 aromatic rings. The number of ether oxygens (including phenoxy) is 1. The smallest absolute Gasteiger partial charge is 0.0810 e. The van der Waals surface area contributed by atoms with Gasteiger partial charge in [0, 0.05) is 7.11 Å². The van der Waals surface area contributed by atoms with Gasteiger partial charge in [-0.25, -0.2) is 0 Å². The van der Waals surface area contributed by atoms with Crippen LogP contribution in [0.25, 0.3) is 0 Å². The molecular weight excluding hydrogens is 150 g/mol. The van der Waals surface area contributed by atoms with Gasteiger partial charge in [0.2, 0.25) is 0 Å². The number of hydrogen-bond donors (Lipinski definition) is 1. The fraction of sp³-hybridized carbons (Fsp3) is 0.800. The molecule has 2 nitrogen and oxygen atoms in total. The SMILES string of the molecule is C=CC(NCCC)C(C)(C)OC. The first kappa shape index (κ1) is 11.7. The summed E-state index contributed by atoms with van der Waals surface area (Å²) in [5.74, 6) is 0. The number of rotatable bonds is 6. The molecule has 0 aliphatic heterocycles. The van der Waals surface area contributed by atoms with Crippen LogP contribution in [0.3, 0.4) is 0 Å². The van der Waals surface area contributed by atoms with Crippen LogP contribution < -0.4 is 5.32 Å². The summed E-state index contributed by atoms with van der Waals surface area (Å²) in [7, 11) is 1.73. The van der Waals surface area contributed by atoms with Gasteiger partial charge in [-0.3, -0.25) is 0 Å². The van der Waals surface area contributed by atoms with Crippen molar-refractivity contribution in [1.82, 2.24) is 5.32 Å². The first-order valence-corrected chi connectivity index (χ1v) is 4.49. The van der Waals surface area contributed by atoms with Gasteiger partial charge >= 0.3 is 0 Å². The van der Waals surface area contributed by atoms with E-state index in [1.807, 2.05) is 6.08 Å². The molecule has 0 rings (SSSR count). The van der Waals surface area contributed by atoms with Crippen LogP contribution in [0.15, 0.2) is 12.7 Å². The van der Waals surface area contributed by atoms with Crippen LogP contribution in [0.5, 0.6) is 0 Å². The van der Waals surface area contributed by atoms with E-state index >= 15 is 0 Å². The standard InChI is InChI=1S/C10H21NO/c1-6-8-11-9(7-2)10(3,4)12-5/h7,9,11H,2,6,8H2,1,3-5H3. The van der Waals surface area contributed by atoms with Crippen LogP contribution in [-0.4, -0.2) is 25.3 Å². The van der Waals surface area contributed by atoms with Gasteiger partial charge in [-0.2, -0.15) is 0 Å². The van der Waals surface area contributed by atoms with E-state index in [1.54, 1.807) is 7.11 Å². The molecule has 0 amide bonds. The normalized spacial score (nSPS) is 14.3. The Bertz CT molecular complexity index is 132. The molecule has 12 heavy (non-hydrogen) atoms. The van der Waals surface area contributed by atoms with Crippen molar-refractivity contribution >= 4 is 0 Å². The van der Waals surface area contributed by atoms with Crippen LogP contribution >= 0.6 is 0 Å². The topological polar surface area (TPSA) is 21.3 Å². The quantitative estimate of drug-likeness (QED) is 0.617. The second-order valence-electron chi connectivity index (χ2n) is 3.48. The molecule has 0 saturated heterocycles. The first-order chi connectivity index (χ1) is 5.58. The third-order valence-corrected chi connectivity index (χ3v) is 2.13. The molecule has 1 N–H and O–H groups in total. The molecule has 2 heteroatoms. The Kier molecular flexibility index (Phi) is 5.18. The van der Waals surface area contributed by atoms with E-state index in [2.05, 4.69) is 32.7 Å². The lowest BCUT2D eigenvalue weighted by atomic mass is 9.98. The van der Waals surface area contributed by atoms with Crippen LogP contribution in [-0.2, 0) is 4.74 Å². The summed E-state index contributed by atoms with van der Waals surface area (Å²) < 4.78 is 5.35. The minimum absolute atomic E-state index is 0.170. The highest BCUT2D eigenvalue weighted by Gasteiger charge is 2.25. The largest absolute Gasteiger partial charge is 0.377 e. The lowest BCUT2D eigenvalue weighted by molar-refractivity contribution is 0.00316. The van der Waals surface area contributed by atoms with Gasteiger partial charge in [0.15, 0.2) is 0 Å². The van der Waals surface area contributed by atoms with Crippen molar-refractivity contribution in [3.8, 4) is 0 Å². The van der Waals surface area contributed by atoms with E-state index in [-0.39, 0.29) is 11.6 Å². The molecule has 1 unspecified atom stereocenters. The lowest BCUT2D eigenvalue weighted by Crippen LogP contribution is -2.46. The van der Waals surface area contributed by atoms with Crippen molar-refractivity contribution in [2.24, 2.45) is 0 Å². The highest BCUT2D eigenvalue weighted by atomic mass is 16.5. The molecule has 0 saturated carbocycles. The minimum Gasteiger partial charge on any atom is -0.377 e. The number of nitrogens with one attached hydrogen (secondary N) is 1. The Morgan fingerprint density at radius 1 is 1.58 bits per heavy atom. The van der Waals surface area contributed by atoms with Gasteiger partial charge in [0.25, 0.3) is 0 Å². The molecular formula is C10H21NO. The predicted molar refractivity (Wildman–Crippen MR) is 53.4 cm³/mol. The highest BCUT2D eigenvalue weighted by molar-refractivity contribution is 4.97. The van der Waals surface area contributed by atoms with Crippen molar-refractivity contribution in [2.45, 2.75) is 38.8 Å². The van der Waals surface area contributed by atoms with Crippen molar-refractivity contribution in [3.63, 3.8) is 0 Å². The van der Waals surface area contributed by atoms with Crippen molar-refractivity contribution in [1.29, 1.82) is 0 Å². The summed E-state index contributed by atoms with van der Waals surface area (Å²) in [6.45, 7) is 11.0. The first-order valence-electron chi connectivity index (χ1n) is 4.49. The predicted octanol–water partition coefficient (Wildman–Crippen LogP) is 1.97. The van der Waals surface area contributed by atoms with Gasteiger partial charge in [-0.15, -0.1) is 6.58 Å². The average molecular weight is 171 g/mol. The number of methoxy groups -OCH3 is 1. The van der Waals surface area contributed by atoms with Crippen LogP contribution in [0.1, 0.15) is 27.2 Å². The van der Waals surface area contributed by atoms with E-state index in [4.69, 9.17) is 4.74 Å². The molecule has 72 valence electrons. The minimum atomic E-state index is -0.170. The van der Waals surface area contributed by atoms with Crippen LogP contribution in [0, 0.1) is 0 Å². The zero-order valence-electron chi connectivity index (χ0n) is 8.68. The Morgan fingerprint density at radius 3 is 2.50 bits per heavy atom. The Labute approximate surface area is 76.0 Å². The third kappa shape index (κ3) is 3.37. The van der Waals surface area contributed by atoms with E-state index in [0.29, 0.717) is 0 Å². The summed E-state index contributed by atoms with van der Waals surface area (Å²) in [6, 6.07) is 0.224. The monoisotopic (exact) mass is 171 g/mol. The Hall–Kier alpha value is -0.340. The maximum atomic E-state index is 5.35. The van der Waals surface area contributed by atoms with E-state index in [9.17, 15) is 0 Å². The summed E-state index contributed by atoms with van der Waals surface area (Å²) in [4.78, 5) is 0. The van der Waals surface area contributed by atoms with Crippen molar-refractivity contribution in [2.75, 3.05) is 13.7 Å². The van der Waals surface area contributed by atoms with Crippen molar-refractivity contribution < 1.29 is 4.74 Å². The summed E-state index contributed by atoms with van der Waals surface area (Å²) in [5, 5.41) is 3.37. The molecule has 0 aromatic heterocycles. The maximum Gasteiger partial charge on any atom is 0.0810 e. The molecule has 0 aromatic carbocycles. The van der Waals surface area contributed by atoms with Gasteiger partial charge in [0.05, 0.1) is 11.6 Å². The molecule has 0 spiro atoms. The van der Waals surface area contributed by atoms with E-state index < -0.39 is 0 Å². The molecule has 0 bridgehead atoms. The van der Waals surface area contributed by atoms with Gasteiger partial charge in [-0.05, 0) is 26.8 Å². The molecule has 0 radical (unpaired) electrons. The fourth-order valence-corrected chi connectivity index (χ4v) is 1.04.